The van der Waals surface area contributed by atoms with E-state index in [4.69, 9.17) is 30.5 Å². The first-order chi connectivity index (χ1) is 18.5. The number of halogens is 1. The number of carbonyl (C=O) groups is 1. The van der Waals surface area contributed by atoms with Crippen molar-refractivity contribution in [1.82, 2.24) is 10.2 Å². The molecule has 0 radical (unpaired) electrons. The summed E-state index contributed by atoms with van der Waals surface area (Å²) < 4.78 is 22.7. The molecule has 0 aliphatic carbocycles. The van der Waals surface area contributed by atoms with Crippen LogP contribution in [0.5, 0.6) is 23.0 Å². The van der Waals surface area contributed by atoms with Crippen LogP contribution in [0.15, 0.2) is 60.7 Å². The first-order valence-electron chi connectivity index (χ1n) is 12.8. The Morgan fingerprint density at radius 3 is 1.97 bits per heavy atom. The van der Waals surface area contributed by atoms with Crippen molar-refractivity contribution in [2.45, 2.75) is 26.1 Å². The summed E-state index contributed by atoms with van der Waals surface area (Å²) in [7, 11) is 3.26. The Kier molecular flexibility index (Phi) is 7.95. The van der Waals surface area contributed by atoms with E-state index in [0.29, 0.717) is 30.2 Å². The number of amides is 1. The summed E-state index contributed by atoms with van der Waals surface area (Å²) in [5, 5.41) is 3.37. The Bertz CT molecular complexity index is 1250. The van der Waals surface area contributed by atoms with E-state index in [2.05, 4.69) is 10.2 Å². The molecule has 2 saturated heterocycles. The Balaban J connectivity index is 1.33. The van der Waals surface area contributed by atoms with E-state index < -0.39 is 0 Å². The minimum atomic E-state index is -0.203. The van der Waals surface area contributed by atoms with Crippen molar-refractivity contribution in [1.29, 1.82) is 0 Å². The van der Waals surface area contributed by atoms with E-state index in [-0.39, 0.29) is 23.0 Å². The van der Waals surface area contributed by atoms with Gasteiger partial charge in [0, 0.05) is 18.5 Å². The van der Waals surface area contributed by atoms with Crippen molar-refractivity contribution in [2.75, 3.05) is 40.4 Å². The van der Waals surface area contributed by atoms with Gasteiger partial charge in [-0.15, -0.1) is 0 Å². The molecule has 200 valence electrons. The Morgan fingerprint density at radius 1 is 0.868 bits per heavy atom. The van der Waals surface area contributed by atoms with Gasteiger partial charge in [-0.25, -0.2) is 0 Å². The summed E-state index contributed by atoms with van der Waals surface area (Å²) in [4.78, 5) is 15.7. The number of hydrogen-bond acceptors (Lipinski definition) is 6. The second-order valence-electron chi connectivity index (χ2n) is 9.99. The lowest BCUT2D eigenvalue weighted by Crippen LogP contribution is -2.37. The minimum Gasteiger partial charge on any atom is -0.497 e. The summed E-state index contributed by atoms with van der Waals surface area (Å²) in [6.45, 7) is 4.49. The molecule has 0 spiro atoms. The van der Waals surface area contributed by atoms with Gasteiger partial charge in [0.15, 0.2) is 11.5 Å². The van der Waals surface area contributed by atoms with Gasteiger partial charge in [-0.3, -0.25) is 4.79 Å². The number of rotatable bonds is 11. The summed E-state index contributed by atoms with van der Waals surface area (Å²) in [5.41, 5.74) is 2.45. The molecule has 0 saturated carbocycles. The fourth-order valence-electron chi connectivity index (χ4n) is 5.14. The van der Waals surface area contributed by atoms with E-state index >= 15 is 0 Å². The quantitative estimate of drug-likeness (QED) is 0.357. The molecule has 1 amide bonds. The molecule has 0 aromatic heterocycles. The predicted molar refractivity (Wildman–Crippen MR) is 147 cm³/mol. The number of ether oxygens (including phenoxy) is 4. The highest BCUT2D eigenvalue weighted by Gasteiger charge is 2.43. The van der Waals surface area contributed by atoms with Crippen molar-refractivity contribution in [2.24, 2.45) is 5.41 Å². The number of piperidine rings is 1. The number of methoxy groups -OCH3 is 2. The fourth-order valence-corrected chi connectivity index (χ4v) is 5.43. The molecule has 2 aliphatic rings. The van der Waals surface area contributed by atoms with Gasteiger partial charge in [-0.2, -0.15) is 0 Å². The molecule has 2 heterocycles. The smallest absolute Gasteiger partial charge is 0.252 e. The normalized spacial score (nSPS) is 19.7. The predicted octanol–water partition coefficient (Wildman–Crippen LogP) is 5.34. The molecular formula is C30H33ClN2O5. The van der Waals surface area contributed by atoms with Gasteiger partial charge in [-0.1, -0.05) is 35.9 Å². The lowest BCUT2D eigenvalue weighted by Gasteiger charge is -2.25. The van der Waals surface area contributed by atoms with Crippen LogP contribution in [-0.4, -0.2) is 51.2 Å². The highest BCUT2D eigenvalue weighted by Crippen LogP contribution is 2.41. The summed E-state index contributed by atoms with van der Waals surface area (Å²) in [5.74, 6) is 2.15. The van der Waals surface area contributed by atoms with Gasteiger partial charge in [0.25, 0.3) is 5.91 Å². The van der Waals surface area contributed by atoms with Gasteiger partial charge in [0.1, 0.15) is 24.7 Å². The molecular weight excluding hydrogens is 504 g/mol. The molecule has 3 aromatic carbocycles. The Labute approximate surface area is 228 Å². The molecule has 5 rings (SSSR count). The maximum Gasteiger partial charge on any atom is 0.252 e. The van der Waals surface area contributed by atoms with Crippen molar-refractivity contribution >= 4 is 17.5 Å². The average Bonchev–Trinajstić information content (AvgIpc) is 3.57. The first-order valence-corrected chi connectivity index (χ1v) is 13.2. The van der Waals surface area contributed by atoms with Crippen molar-refractivity contribution in [3.8, 4) is 23.0 Å². The molecule has 38 heavy (non-hydrogen) atoms. The average molecular weight is 537 g/mol. The first kappa shape index (κ1) is 26.2. The molecule has 0 unspecified atom stereocenters. The number of fused-ring (bicyclic) bond motifs is 2. The lowest BCUT2D eigenvalue weighted by molar-refractivity contribution is 0.0934. The van der Waals surface area contributed by atoms with Crippen LogP contribution in [0.4, 0.5) is 0 Å². The zero-order chi connectivity index (χ0) is 26.5. The van der Waals surface area contributed by atoms with E-state index in [9.17, 15) is 4.79 Å². The number of nitrogens with one attached hydrogen (secondary N) is 1. The maximum absolute atomic E-state index is 13.2. The number of hydrogen-bond donors (Lipinski definition) is 1. The second-order valence-corrected chi connectivity index (χ2v) is 10.4. The standard InChI is InChI=1S/C30H33ClN2O5/c1-35-23-7-3-21(4-8-23)17-37-26-12-11-25(29(34)32-19-30-13-15-33(20-30)16-14-30)27(31)28(26)38-18-22-5-9-24(36-2)10-6-22/h3-12H,13-20H2,1-2H3,(H,32,34). The number of nitrogens with zero attached hydrogens (tertiary/aromatic N) is 1. The Morgan fingerprint density at radius 2 is 1.45 bits per heavy atom. The largest absolute Gasteiger partial charge is 0.497 e. The van der Waals surface area contributed by atoms with Crippen LogP contribution in [-0.2, 0) is 13.2 Å². The van der Waals surface area contributed by atoms with Crippen molar-refractivity contribution < 1.29 is 23.7 Å². The van der Waals surface area contributed by atoms with Crippen LogP contribution >= 0.6 is 11.6 Å². The van der Waals surface area contributed by atoms with Crippen LogP contribution in [0, 0.1) is 5.41 Å². The summed E-state index contributed by atoms with van der Waals surface area (Å²) in [6.07, 6.45) is 2.24. The van der Waals surface area contributed by atoms with Gasteiger partial charge in [0.2, 0.25) is 0 Å². The van der Waals surface area contributed by atoms with Crippen LogP contribution in [0.3, 0.4) is 0 Å². The zero-order valence-electron chi connectivity index (χ0n) is 21.8. The molecule has 2 bridgehead atoms. The molecule has 7 nitrogen and oxygen atoms in total. The summed E-state index contributed by atoms with van der Waals surface area (Å²) in [6, 6.07) is 18.7. The Hall–Kier alpha value is -3.42. The second kappa shape index (κ2) is 11.5. The molecule has 3 aromatic rings. The maximum atomic E-state index is 13.2. The molecule has 2 fully saturated rings. The lowest BCUT2D eigenvalue weighted by atomic mass is 9.84. The molecule has 0 atom stereocenters. The van der Waals surface area contributed by atoms with E-state index in [1.165, 1.54) is 0 Å². The number of carbonyl (C=O) groups excluding carboxylic acids is 1. The van der Waals surface area contributed by atoms with Crippen LogP contribution in [0.25, 0.3) is 0 Å². The highest BCUT2D eigenvalue weighted by atomic mass is 35.5. The van der Waals surface area contributed by atoms with E-state index in [0.717, 1.165) is 55.1 Å². The minimum absolute atomic E-state index is 0.178. The third-order valence-corrected chi connectivity index (χ3v) is 7.88. The van der Waals surface area contributed by atoms with Crippen LogP contribution in [0.1, 0.15) is 34.3 Å². The third kappa shape index (κ3) is 5.84. The van der Waals surface area contributed by atoms with Crippen LogP contribution in [0.2, 0.25) is 5.02 Å². The topological polar surface area (TPSA) is 69.3 Å². The van der Waals surface area contributed by atoms with E-state index in [1.807, 2.05) is 48.5 Å². The summed E-state index contributed by atoms with van der Waals surface area (Å²) >= 11 is 6.81. The van der Waals surface area contributed by atoms with Gasteiger partial charge in [-0.05, 0) is 73.5 Å². The zero-order valence-corrected chi connectivity index (χ0v) is 22.6. The highest BCUT2D eigenvalue weighted by molar-refractivity contribution is 6.35. The molecule has 1 N–H and O–H groups in total. The van der Waals surface area contributed by atoms with Crippen molar-refractivity contribution in [3.05, 3.63) is 82.4 Å². The van der Waals surface area contributed by atoms with Gasteiger partial charge < -0.3 is 29.2 Å². The van der Waals surface area contributed by atoms with Gasteiger partial charge in [0.05, 0.1) is 24.8 Å². The number of benzene rings is 3. The van der Waals surface area contributed by atoms with Crippen molar-refractivity contribution in [3.63, 3.8) is 0 Å². The van der Waals surface area contributed by atoms with Crippen LogP contribution < -0.4 is 24.3 Å². The monoisotopic (exact) mass is 536 g/mol. The van der Waals surface area contributed by atoms with Gasteiger partial charge >= 0.3 is 0 Å². The SMILES string of the molecule is COc1ccc(COc2ccc(C(=O)NCC34CCN(CC3)C4)c(Cl)c2OCc2ccc(OC)cc2)cc1. The van der Waals surface area contributed by atoms with E-state index in [1.54, 1.807) is 26.4 Å². The third-order valence-electron chi connectivity index (χ3n) is 7.50. The molecule has 2 aliphatic heterocycles. The molecule has 8 heteroatoms. The fraction of sp³-hybridized carbons (Fsp3) is 0.367.